The Balaban J connectivity index is 2.15. The number of aliphatic hydroxyl groups is 1. The Bertz CT molecular complexity index is 1270. The number of carbonyl (C=O) groups excluding carboxylic acids is 2. The van der Waals surface area contributed by atoms with Crippen molar-refractivity contribution in [2.24, 2.45) is 11.3 Å². The fourth-order valence-corrected chi connectivity index (χ4v) is 6.91. The van der Waals surface area contributed by atoms with Crippen LogP contribution in [0, 0.1) is 11.3 Å². The van der Waals surface area contributed by atoms with Crippen molar-refractivity contribution in [3.63, 3.8) is 0 Å². The Hall–Kier alpha value is -2.79. The number of amides is 1. The minimum Gasteiger partial charge on any atom is -0.469 e. The molecule has 0 radical (unpaired) electrons. The van der Waals surface area contributed by atoms with Crippen molar-refractivity contribution in [3.8, 4) is 0 Å². The number of nitrogens with one attached hydrogen (secondary N) is 2. The largest absolute Gasteiger partial charge is 0.469 e. The van der Waals surface area contributed by atoms with Gasteiger partial charge in [-0.15, -0.1) is 0 Å². The van der Waals surface area contributed by atoms with Crippen LogP contribution in [0.5, 0.6) is 0 Å². The van der Waals surface area contributed by atoms with Crippen LogP contribution in [0.25, 0.3) is 0 Å². The maximum atomic E-state index is 13.8. The maximum absolute atomic E-state index is 13.8. The highest BCUT2D eigenvalue weighted by atomic mass is 32.2. The van der Waals surface area contributed by atoms with Crippen LogP contribution in [0.1, 0.15) is 70.6 Å². The normalized spacial score (nSPS) is 14.9. The number of aliphatic hydroxyl groups excluding tert-OH is 1. The van der Waals surface area contributed by atoms with Gasteiger partial charge in [0.1, 0.15) is 0 Å². The van der Waals surface area contributed by atoms with Crippen LogP contribution in [0.2, 0.25) is 0 Å². The van der Waals surface area contributed by atoms with E-state index in [9.17, 15) is 18.0 Å². The summed E-state index contributed by atoms with van der Waals surface area (Å²) in [6, 6.07) is 17.6. The first-order valence-electron chi connectivity index (χ1n) is 14.9. The molecule has 3 N–H and O–H groups in total. The van der Waals surface area contributed by atoms with E-state index in [1.165, 1.54) is 7.11 Å². The highest BCUT2D eigenvalue weighted by Gasteiger charge is 2.36. The molecule has 3 atom stereocenters. The molecule has 2 rings (SSSR count). The van der Waals surface area contributed by atoms with E-state index in [-0.39, 0.29) is 35.4 Å². The van der Waals surface area contributed by atoms with Crippen molar-refractivity contribution >= 4 is 21.7 Å². The fourth-order valence-electron chi connectivity index (χ4n) is 5.15. The average molecular weight is 619 g/mol. The van der Waals surface area contributed by atoms with Gasteiger partial charge in [-0.05, 0) is 55.2 Å². The summed E-state index contributed by atoms with van der Waals surface area (Å²) in [5.41, 5.74) is 7.24. The molecule has 1 unspecified atom stereocenters. The van der Waals surface area contributed by atoms with Crippen molar-refractivity contribution < 1.29 is 32.6 Å². The van der Waals surface area contributed by atoms with Crippen LogP contribution in [-0.2, 0) is 47.3 Å². The molecular formula is C33H50N2O7S. The lowest BCUT2D eigenvalue weighted by Gasteiger charge is -2.32. The number of esters is 1. The van der Waals surface area contributed by atoms with E-state index in [0.29, 0.717) is 38.8 Å². The quantitative estimate of drug-likeness (QED) is 0.158. The summed E-state index contributed by atoms with van der Waals surface area (Å²) in [6.45, 7) is 9.89. The standard InChI is InChI=1S/C33H50N2O7S/c1-25(30(37)41-6)20-28-14-10-15-29(21-28)33(5,17-11-16-32(3,4)24-43(39,40)19-18-36)31(38)35-34-22-26(2)42-23-27-12-8-7-9-13-27/h7-10,12-15,21,25-26,34,36H,11,16-20,22-24H2,1-6H3,(H,35,38)/t25-,26?,33-/m1/s1. The molecule has 0 bridgehead atoms. The van der Waals surface area contributed by atoms with Gasteiger partial charge in [0, 0.05) is 6.54 Å². The smallest absolute Gasteiger partial charge is 0.308 e. The van der Waals surface area contributed by atoms with E-state index in [0.717, 1.165) is 16.7 Å². The topological polar surface area (TPSA) is 131 Å². The van der Waals surface area contributed by atoms with Crippen LogP contribution < -0.4 is 10.9 Å². The summed E-state index contributed by atoms with van der Waals surface area (Å²) < 4.78 is 35.5. The molecule has 240 valence electrons. The van der Waals surface area contributed by atoms with E-state index >= 15 is 0 Å². The van der Waals surface area contributed by atoms with Gasteiger partial charge in [-0.25, -0.2) is 13.8 Å². The molecule has 2 aromatic rings. The highest BCUT2D eigenvalue weighted by Crippen LogP contribution is 2.34. The monoisotopic (exact) mass is 618 g/mol. The second-order valence-corrected chi connectivity index (χ2v) is 14.6. The first-order valence-corrected chi connectivity index (χ1v) is 16.7. The first kappa shape index (κ1) is 36.4. The number of benzene rings is 2. The molecule has 0 saturated carbocycles. The second kappa shape index (κ2) is 16.9. The Kier molecular flexibility index (Phi) is 14.3. The van der Waals surface area contributed by atoms with Crippen LogP contribution in [0.3, 0.4) is 0 Å². The van der Waals surface area contributed by atoms with E-state index in [2.05, 4.69) is 10.9 Å². The highest BCUT2D eigenvalue weighted by molar-refractivity contribution is 7.91. The molecule has 0 spiro atoms. The number of methoxy groups -OCH3 is 1. The number of hydrazine groups is 1. The molecule has 2 aromatic carbocycles. The summed E-state index contributed by atoms with van der Waals surface area (Å²) >= 11 is 0. The van der Waals surface area contributed by atoms with E-state index in [1.807, 2.05) is 89.2 Å². The van der Waals surface area contributed by atoms with Gasteiger partial charge in [0.15, 0.2) is 9.84 Å². The van der Waals surface area contributed by atoms with Crippen molar-refractivity contribution in [3.05, 3.63) is 71.3 Å². The number of sulfone groups is 1. The average Bonchev–Trinajstić information content (AvgIpc) is 2.95. The van der Waals surface area contributed by atoms with Crippen LogP contribution in [0.15, 0.2) is 54.6 Å². The van der Waals surface area contributed by atoms with E-state index < -0.39 is 27.3 Å². The lowest BCUT2D eigenvalue weighted by molar-refractivity contribution is -0.144. The van der Waals surface area contributed by atoms with E-state index in [1.54, 1.807) is 0 Å². The lowest BCUT2D eigenvalue weighted by Crippen LogP contribution is -2.50. The van der Waals surface area contributed by atoms with Crippen molar-refractivity contribution in [2.75, 3.05) is 31.8 Å². The molecule has 10 heteroatoms. The molecule has 0 aromatic heterocycles. The van der Waals surface area contributed by atoms with Crippen molar-refractivity contribution in [2.45, 2.75) is 78.4 Å². The number of hydrogen-bond acceptors (Lipinski definition) is 8. The summed E-state index contributed by atoms with van der Waals surface area (Å²) in [7, 11) is -2.01. The van der Waals surface area contributed by atoms with Gasteiger partial charge in [0.2, 0.25) is 5.91 Å². The molecule has 0 aliphatic rings. The van der Waals surface area contributed by atoms with Crippen molar-refractivity contribution in [1.82, 2.24) is 10.9 Å². The molecular weight excluding hydrogens is 568 g/mol. The van der Waals surface area contributed by atoms with Crippen LogP contribution in [0.4, 0.5) is 0 Å². The Morgan fingerprint density at radius 2 is 1.65 bits per heavy atom. The third kappa shape index (κ3) is 12.4. The predicted octanol–water partition coefficient (Wildman–Crippen LogP) is 4.13. The van der Waals surface area contributed by atoms with Gasteiger partial charge in [-0.2, -0.15) is 0 Å². The van der Waals surface area contributed by atoms with Gasteiger partial charge in [-0.1, -0.05) is 81.8 Å². The summed E-state index contributed by atoms with van der Waals surface area (Å²) in [4.78, 5) is 25.8. The minimum atomic E-state index is -3.38. The number of carbonyl (C=O) groups is 2. The zero-order valence-electron chi connectivity index (χ0n) is 26.5. The Labute approximate surface area is 257 Å². The zero-order valence-corrected chi connectivity index (χ0v) is 27.3. The second-order valence-electron chi connectivity index (χ2n) is 12.4. The van der Waals surface area contributed by atoms with Gasteiger partial charge < -0.3 is 14.6 Å². The molecule has 0 saturated heterocycles. The van der Waals surface area contributed by atoms with Gasteiger partial charge in [0.05, 0.1) is 49.3 Å². The third-order valence-corrected chi connectivity index (χ3v) is 9.75. The third-order valence-electron chi connectivity index (χ3n) is 7.72. The van der Waals surface area contributed by atoms with Crippen LogP contribution >= 0.6 is 0 Å². The number of hydrogen-bond donors (Lipinski definition) is 3. The van der Waals surface area contributed by atoms with Gasteiger partial charge in [0.25, 0.3) is 0 Å². The first-order chi connectivity index (χ1) is 20.2. The molecule has 0 fully saturated rings. The lowest BCUT2D eigenvalue weighted by atomic mass is 9.75. The van der Waals surface area contributed by atoms with E-state index in [4.69, 9.17) is 14.6 Å². The molecule has 9 nitrogen and oxygen atoms in total. The Morgan fingerprint density at radius 3 is 2.30 bits per heavy atom. The zero-order chi connectivity index (χ0) is 32.1. The number of ether oxygens (including phenoxy) is 2. The summed E-state index contributed by atoms with van der Waals surface area (Å²) in [5.74, 6) is -1.14. The SMILES string of the molecule is COC(=O)[C@H](C)Cc1cccc([C@@](C)(CCCC(C)(C)CS(=O)(=O)CCO)C(=O)NNCC(C)OCc2ccccc2)c1. The molecule has 1 amide bonds. The molecule has 0 heterocycles. The minimum absolute atomic E-state index is 0.0349. The van der Waals surface area contributed by atoms with Gasteiger partial charge >= 0.3 is 5.97 Å². The van der Waals surface area contributed by atoms with Gasteiger partial charge in [-0.3, -0.25) is 15.0 Å². The molecule has 43 heavy (non-hydrogen) atoms. The summed E-state index contributed by atoms with van der Waals surface area (Å²) in [5, 5.41) is 9.11. The maximum Gasteiger partial charge on any atom is 0.308 e. The van der Waals surface area contributed by atoms with Crippen LogP contribution in [-0.4, -0.2) is 63.3 Å². The number of rotatable bonds is 19. The predicted molar refractivity (Wildman–Crippen MR) is 169 cm³/mol. The fraction of sp³-hybridized carbons (Fsp3) is 0.576. The van der Waals surface area contributed by atoms with Crippen molar-refractivity contribution in [1.29, 1.82) is 0 Å². The summed E-state index contributed by atoms with van der Waals surface area (Å²) in [6.07, 6.45) is 1.97. The Morgan fingerprint density at radius 1 is 0.977 bits per heavy atom. The molecule has 0 aliphatic heterocycles. The molecule has 0 aliphatic carbocycles.